The second-order valence-electron chi connectivity index (χ2n) is 4.57. The molecule has 24 heavy (non-hydrogen) atoms. The standard InChI is InChI=1S/C14H12F4N4O2/c15-10-5-8(3-4-23-13(19)20)1-2-11(10)24-9-6-21-12(22-7-9)14(16,17)18/h1-2,5-7H,3-4H2,(H3,19,20). The first-order chi connectivity index (χ1) is 11.3. The number of rotatable bonds is 5. The first-order valence-electron chi connectivity index (χ1n) is 6.58. The molecule has 0 fully saturated rings. The molecule has 0 saturated carbocycles. The summed E-state index contributed by atoms with van der Waals surface area (Å²) in [5.41, 5.74) is 5.59. The van der Waals surface area contributed by atoms with Crippen molar-refractivity contribution in [1.82, 2.24) is 9.97 Å². The Balaban J connectivity index is 2.03. The van der Waals surface area contributed by atoms with Crippen LogP contribution in [0, 0.1) is 11.2 Å². The molecule has 10 heteroatoms. The predicted octanol–water partition coefficient (Wildman–Crippen LogP) is 2.88. The second kappa shape index (κ2) is 7.11. The van der Waals surface area contributed by atoms with Crippen LogP contribution in [-0.2, 0) is 17.3 Å². The molecule has 0 bridgehead atoms. The van der Waals surface area contributed by atoms with Crippen molar-refractivity contribution in [2.75, 3.05) is 6.61 Å². The largest absolute Gasteiger partial charge is 0.465 e. The summed E-state index contributed by atoms with van der Waals surface area (Å²) >= 11 is 0. The van der Waals surface area contributed by atoms with Gasteiger partial charge in [-0.1, -0.05) is 6.07 Å². The summed E-state index contributed by atoms with van der Waals surface area (Å²) in [4.78, 5) is 6.24. The number of ether oxygens (including phenoxy) is 2. The van der Waals surface area contributed by atoms with Gasteiger partial charge in [0, 0.05) is 6.42 Å². The van der Waals surface area contributed by atoms with Crippen molar-refractivity contribution in [2.45, 2.75) is 12.6 Å². The third-order valence-electron chi connectivity index (χ3n) is 2.75. The first kappa shape index (κ1) is 17.4. The van der Waals surface area contributed by atoms with Gasteiger partial charge in [0.2, 0.25) is 5.82 Å². The molecule has 0 unspecified atom stereocenters. The van der Waals surface area contributed by atoms with Gasteiger partial charge in [0.05, 0.1) is 19.0 Å². The van der Waals surface area contributed by atoms with E-state index in [1.807, 2.05) is 0 Å². The van der Waals surface area contributed by atoms with Crippen LogP contribution in [0.15, 0.2) is 30.6 Å². The second-order valence-corrected chi connectivity index (χ2v) is 4.57. The SMILES string of the molecule is N=C(N)OCCc1ccc(Oc2cnc(C(F)(F)F)nc2)c(F)c1. The number of amidine groups is 1. The quantitative estimate of drug-likeness (QED) is 0.494. The summed E-state index contributed by atoms with van der Waals surface area (Å²) in [6.45, 7) is 0.113. The molecule has 0 saturated heterocycles. The highest BCUT2D eigenvalue weighted by Crippen LogP contribution is 2.28. The maximum Gasteiger partial charge on any atom is 0.451 e. The molecular formula is C14H12F4N4O2. The maximum absolute atomic E-state index is 13.9. The Morgan fingerprint density at radius 2 is 1.88 bits per heavy atom. The van der Waals surface area contributed by atoms with Crippen LogP contribution in [0.5, 0.6) is 11.5 Å². The van der Waals surface area contributed by atoms with Gasteiger partial charge in [-0.05, 0) is 17.7 Å². The van der Waals surface area contributed by atoms with Gasteiger partial charge in [-0.25, -0.2) is 14.4 Å². The molecule has 2 aromatic rings. The highest BCUT2D eigenvalue weighted by atomic mass is 19.4. The molecule has 128 valence electrons. The van der Waals surface area contributed by atoms with Gasteiger partial charge in [0.15, 0.2) is 17.3 Å². The number of benzene rings is 1. The molecule has 1 aromatic heterocycles. The van der Waals surface area contributed by atoms with Gasteiger partial charge < -0.3 is 15.2 Å². The molecule has 3 N–H and O–H groups in total. The van der Waals surface area contributed by atoms with Crippen LogP contribution < -0.4 is 10.5 Å². The number of nitrogens with one attached hydrogen (secondary N) is 1. The molecular weight excluding hydrogens is 332 g/mol. The minimum absolute atomic E-state index is 0.113. The van der Waals surface area contributed by atoms with E-state index in [0.29, 0.717) is 12.0 Å². The molecule has 0 amide bonds. The minimum atomic E-state index is -4.66. The van der Waals surface area contributed by atoms with Crippen LogP contribution in [0.4, 0.5) is 17.6 Å². The number of nitrogens with two attached hydrogens (primary N) is 1. The highest BCUT2D eigenvalue weighted by molar-refractivity contribution is 5.67. The van der Waals surface area contributed by atoms with Crippen molar-refractivity contribution in [1.29, 1.82) is 5.41 Å². The fraction of sp³-hybridized carbons (Fsp3) is 0.214. The fourth-order valence-corrected chi connectivity index (χ4v) is 1.70. The third-order valence-corrected chi connectivity index (χ3v) is 2.75. The molecule has 0 aliphatic carbocycles. The molecule has 0 aliphatic heterocycles. The average Bonchev–Trinajstić information content (AvgIpc) is 2.49. The summed E-state index contributed by atoms with van der Waals surface area (Å²) in [7, 11) is 0. The normalized spacial score (nSPS) is 11.2. The summed E-state index contributed by atoms with van der Waals surface area (Å²) in [5.74, 6) is -2.34. The summed E-state index contributed by atoms with van der Waals surface area (Å²) < 4.78 is 60.9. The van der Waals surface area contributed by atoms with Gasteiger partial charge in [-0.3, -0.25) is 5.41 Å². The summed E-state index contributed by atoms with van der Waals surface area (Å²) in [6.07, 6.45) is -2.72. The molecule has 1 heterocycles. The van der Waals surface area contributed by atoms with E-state index in [0.717, 1.165) is 12.4 Å². The van der Waals surface area contributed by atoms with E-state index in [1.165, 1.54) is 12.1 Å². The highest BCUT2D eigenvalue weighted by Gasteiger charge is 2.34. The number of hydrogen-bond donors (Lipinski definition) is 2. The van der Waals surface area contributed by atoms with Crippen LogP contribution in [0.25, 0.3) is 0 Å². The Hall–Kier alpha value is -2.91. The van der Waals surface area contributed by atoms with Crippen LogP contribution in [0.2, 0.25) is 0 Å². The fourth-order valence-electron chi connectivity index (χ4n) is 1.70. The van der Waals surface area contributed by atoms with Gasteiger partial charge in [0.25, 0.3) is 6.02 Å². The van der Waals surface area contributed by atoms with Crippen molar-refractivity contribution in [3.63, 3.8) is 0 Å². The molecule has 0 radical (unpaired) electrons. The zero-order valence-corrected chi connectivity index (χ0v) is 12.1. The van der Waals surface area contributed by atoms with E-state index < -0.39 is 23.8 Å². The zero-order chi connectivity index (χ0) is 17.7. The van der Waals surface area contributed by atoms with Gasteiger partial charge in [0.1, 0.15) is 0 Å². The van der Waals surface area contributed by atoms with Gasteiger partial charge in [-0.2, -0.15) is 13.2 Å². The first-order valence-corrected chi connectivity index (χ1v) is 6.58. The summed E-state index contributed by atoms with van der Waals surface area (Å²) in [6, 6.07) is 3.62. The predicted molar refractivity (Wildman–Crippen MR) is 75.1 cm³/mol. The number of alkyl halides is 3. The Kier molecular flexibility index (Phi) is 5.17. The van der Waals surface area contributed by atoms with E-state index in [-0.39, 0.29) is 18.1 Å². The monoisotopic (exact) mass is 344 g/mol. The molecule has 0 atom stereocenters. The lowest BCUT2D eigenvalue weighted by molar-refractivity contribution is -0.145. The zero-order valence-electron chi connectivity index (χ0n) is 12.1. The van der Waals surface area contributed by atoms with E-state index in [1.54, 1.807) is 6.07 Å². The van der Waals surface area contributed by atoms with Crippen molar-refractivity contribution in [3.05, 3.63) is 47.8 Å². The number of hydrogen-bond acceptors (Lipinski definition) is 5. The van der Waals surface area contributed by atoms with E-state index in [4.69, 9.17) is 20.6 Å². The Morgan fingerprint density at radius 1 is 1.21 bits per heavy atom. The van der Waals surface area contributed by atoms with Crippen molar-refractivity contribution in [3.8, 4) is 11.5 Å². The van der Waals surface area contributed by atoms with Crippen LogP contribution in [-0.4, -0.2) is 22.6 Å². The van der Waals surface area contributed by atoms with E-state index in [9.17, 15) is 17.6 Å². The van der Waals surface area contributed by atoms with E-state index >= 15 is 0 Å². The van der Waals surface area contributed by atoms with Crippen molar-refractivity contribution < 1.29 is 27.0 Å². The van der Waals surface area contributed by atoms with Crippen LogP contribution in [0.3, 0.4) is 0 Å². The smallest absolute Gasteiger partial charge is 0.451 e. The van der Waals surface area contributed by atoms with Crippen LogP contribution >= 0.6 is 0 Å². The Labute approximate surface area is 133 Å². The Morgan fingerprint density at radius 3 is 2.42 bits per heavy atom. The summed E-state index contributed by atoms with van der Waals surface area (Å²) in [5, 5.41) is 6.89. The number of aromatic nitrogens is 2. The third kappa shape index (κ3) is 4.80. The molecule has 2 rings (SSSR count). The topological polar surface area (TPSA) is 94.1 Å². The lowest BCUT2D eigenvalue weighted by Crippen LogP contribution is -2.15. The van der Waals surface area contributed by atoms with Gasteiger partial charge in [-0.15, -0.1) is 0 Å². The number of halogens is 4. The van der Waals surface area contributed by atoms with E-state index in [2.05, 4.69) is 9.97 Å². The average molecular weight is 344 g/mol. The van der Waals surface area contributed by atoms with Crippen molar-refractivity contribution >= 4 is 6.02 Å². The lowest BCUT2D eigenvalue weighted by atomic mass is 10.1. The van der Waals surface area contributed by atoms with Crippen molar-refractivity contribution in [2.24, 2.45) is 5.73 Å². The maximum atomic E-state index is 13.9. The molecule has 1 aromatic carbocycles. The van der Waals surface area contributed by atoms with Crippen LogP contribution in [0.1, 0.15) is 11.4 Å². The molecule has 0 aliphatic rings. The lowest BCUT2D eigenvalue weighted by Gasteiger charge is -2.09. The minimum Gasteiger partial charge on any atom is -0.465 e. The van der Waals surface area contributed by atoms with Gasteiger partial charge >= 0.3 is 6.18 Å². The molecule has 0 spiro atoms. The number of nitrogens with zero attached hydrogens (tertiary/aromatic N) is 2. The Bertz CT molecular complexity index is 720. The molecule has 6 nitrogen and oxygen atoms in total.